The Morgan fingerprint density at radius 1 is 1.32 bits per heavy atom. The second kappa shape index (κ2) is 4.98. The lowest BCUT2D eigenvalue weighted by Gasteiger charge is -2.10. The summed E-state index contributed by atoms with van der Waals surface area (Å²) in [6, 6.07) is 7.63. The number of benzene rings is 1. The minimum absolute atomic E-state index is 0.146. The van der Waals surface area contributed by atoms with E-state index in [9.17, 15) is 4.79 Å². The van der Waals surface area contributed by atoms with Crippen LogP contribution in [0.5, 0.6) is 0 Å². The average molecular weight is 295 g/mol. The van der Waals surface area contributed by atoms with Gasteiger partial charge in [-0.3, -0.25) is 9.89 Å². The SMILES string of the molecule is C[C@@H](NC(=O)c1n[nH]c2c1CCC2)c1nc2ccccc2[nH]1. The van der Waals surface area contributed by atoms with E-state index < -0.39 is 0 Å². The highest BCUT2D eigenvalue weighted by Crippen LogP contribution is 2.23. The maximum Gasteiger partial charge on any atom is 0.272 e. The van der Waals surface area contributed by atoms with Gasteiger partial charge in [0, 0.05) is 11.3 Å². The topological polar surface area (TPSA) is 86.5 Å². The summed E-state index contributed by atoms with van der Waals surface area (Å²) in [5.74, 6) is 0.606. The van der Waals surface area contributed by atoms with Crippen LogP contribution in [0.4, 0.5) is 0 Å². The number of H-pyrrole nitrogens is 2. The van der Waals surface area contributed by atoms with E-state index in [0.717, 1.165) is 47.4 Å². The van der Waals surface area contributed by atoms with Gasteiger partial charge in [-0.05, 0) is 38.3 Å². The molecule has 1 aliphatic rings. The molecule has 0 radical (unpaired) electrons. The van der Waals surface area contributed by atoms with Crippen LogP contribution < -0.4 is 5.32 Å². The van der Waals surface area contributed by atoms with Gasteiger partial charge in [0.05, 0.1) is 17.1 Å². The van der Waals surface area contributed by atoms with E-state index >= 15 is 0 Å². The van der Waals surface area contributed by atoms with Crippen molar-refractivity contribution in [1.82, 2.24) is 25.5 Å². The van der Waals surface area contributed by atoms with Crippen molar-refractivity contribution in [2.45, 2.75) is 32.2 Å². The molecule has 1 atom stereocenters. The molecule has 0 bridgehead atoms. The quantitative estimate of drug-likeness (QED) is 0.692. The van der Waals surface area contributed by atoms with Crippen molar-refractivity contribution in [3.63, 3.8) is 0 Å². The Morgan fingerprint density at radius 2 is 2.18 bits per heavy atom. The zero-order valence-electron chi connectivity index (χ0n) is 12.3. The number of imidazole rings is 1. The molecular formula is C16H17N5O. The highest BCUT2D eigenvalue weighted by molar-refractivity contribution is 5.94. The maximum atomic E-state index is 12.4. The molecule has 0 spiro atoms. The van der Waals surface area contributed by atoms with Crippen molar-refractivity contribution in [1.29, 1.82) is 0 Å². The third-order valence-electron chi connectivity index (χ3n) is 4.19. The smallest absolute Gasteiger partial charge is 0.272 e. The molecule has 0 saturated heterocycles. The van der Waals surface area contributed by atoms with Crippen LogP contribution in [0.3, 0.4) is 0 Å². The van der Waals surface area contributed by atoms with Gasteiger partial charge in [0.1, 0.15) is 5.82 Å². The van der Waals surface area contributed by atoms with Gasteiger partial charge in [-0.2, -0.15) is 5.10 Å². The molecule has 2 aromatic heterocycles. The highest BCUT2D eigenvalue weighted by atomic mass is 16.2. The first-order valence-electron chi connectivity index (χ1n) is 7.54. The number of carbonyl (C=O) groups excluding carboxylic acids is 1. The molecule has 1 aliphatic carbocycles. The molecule has 4 rings (SSSR count). The van der Waals surface area contributed by atoms with Gasteiger partial charge in [-0.25, -0.2) is 4.98 Å². The predicted molar refractivity (Wildman–Crippen MR) is 82.6 cm³/mol. The molecule has 1 aromatic carbocycles. The van der Waals surface area contributed by atoms with Crippen molar-refractivity contribution >= 4 is 16.9 Å². The third-order valence-corrected chi connectivity index (χ3v) is 4.19. The number of rotatable bonds is 3. The van der Waals surface area contributed by atoms with E-state index in [-0.39, 0.29) is 11.9 Å². The van der Waals surface area contributed by atoms with E-state index in [4.69, 9.17) is 0 Å². The summed E-state index contributed by atoms with van der Waals surface area (Å²) >= 11 is 0. The number of aromatic amines is 2. The number of para-hydroxylation sites is 2. The fourth-order valence-corrected chi connectivity index (χ4v) is 3.02. The number of aryl methyl sites for hydroxylation is 1. The number of carbonyl (C=O) groups is 1. The first-order valence-corrected chi connectivity index (χ1v) is 7.54. The zero-order valence-corrected chi connectivity index (χ0v) is 12.3. The van der Waals surface area contributed by atoms with E-state index in [1.54, 1.807) is 0 Å². The summed E-state index contributed by atoms with van der Waals surface area (Å²) in [6.07, 6.45) is 2.99. The summed E-state index contributed by atoms with van der Waals surface area (Å²) in [4.78, 5) is 20.2. The molecule has 0 fully saturated rings. The summed E-state index contributed by atoms with van der Waals surface area (Å²) in [5, 5.41) is 10.1. The maximum absolute atomic E-state index is 12.4. The van der Waals surface area contributed by atoms with Crippen LogP contribution in [0, 0.1) is 0 Å². The molecule has 1 amide bonds. The third kappa shape index (κ3) is 2.07. The molecule has 3 aromatic rings. The van der Waals surface area contributed by atoms with Crippen LogP contribution in [0.15, 0.2) is 24.3 Å². The molecule has 2 heterocycles. The predicted octanol–water partition coefficient (Wildman–Crippen LogP) is 2.27. The number of amides is 1. The lowest BCUT2D eigenvalue weighted by Crippen LogP contribution is -2.28. The Kier molecular flexibility index (Phi) is 2.96. The monoisotopic (exact) mass is 295 g/mol. The lowest BCUT2D eigenvalue weighted by atomic mass is 10.2. The van der Waals surface area contributed by atoms with Crippen LogP contribution in [-0.4, -0.2) is 26.1 Å². The normalized spacial score (nSPS) is 15.0. The first kappa shape index (κ1) is 13.1. The second-order valence-corrected chi connectivity index (χ2v) is 5.72. The molecule has 0 aliphatic heterocycles. The number of fused-ring (bicyclic) bond motifs is 2. The Bertz CT molecular complexity index is 814. The number of nitrogens with zero attached hydrogens (tertiary/aromatic N) is 2. The number of aromatic nitrogens is 4. The largest absolute Gasteiger partial charge is 0.341 e. The van der Waals surface area contributed by atoms with E-state index in [1.807, 2.05) is 31.2 Å². The minimum atomic E-state index is -0.200. The van der Waals surface area contributed by atoms with Gasteiger partial charge in [-0.15, -0.1) is 0 Å². The molecular weight excluding hydrogens is 278 g/mol. The summed E-state index contributed by atoms with van der Waals surface area (Å²) < 4.78 is 0. The average Bonchev–Trinajstić information content (AvgIpc) is 3.21. The first-order chi connectivity index (χ1) is 10.7. The standard InChI is InChI=1S/C16H17N5O/c1-9(15-18-12-6-2-3-7-13(12)19-15)17-16(22)14-10-5-4-8-11(10)20-21-14/h2-3,6-7,9H,4-5,8H2,1H3,(H,17,22)(H,18,19)(H,20,21)/t9-/m1/s1. The fraction of sp³-hybridized carbons (Fsp3) is 0.312. The highest BCUT2D eigenvalue weighted by Gasteiger charge is 2.24. The Labute approximate surface area is 127 Å². The van der Waals surface area contributed by atoms with Gasteiger partial charge < -0.3 is 10.3 Å². The Morgan fingerprint density at radius 3 is 3.05 bits per heavy atom. The van der Waals surface area contributed by atoms with E-state index in [0.29, 0.717) is 5.69 Å². The Balaban J connectivity index is 1.55. The lowest BCUT2D eigenvalue weighted by molar-refractivity contribution is 0.0932. The Hall–Kier alpha value is -2.63. The molecule has 112 valence electrons. The molecule has 0 saturated carbocycles. The van der Waals surface area contributed by atoms with Crippen LogP contribution in [0.25, 0.3) is 11.0 Å². The van der Waals surface area contributed by atoms with Crippen molar-refractivity contribution in [2.75, 3.05) is 0 Å². The van der Waals surface area contributed by atoms with Gasteiger partial charge in [0.2, 0.25) is 0 Å². The second-order valence-electron chi connectivity index (χ2n) is 5.72. The molecule has 6 nitrogen and oxygen atoms in total. The van der Waals surface area contributed by atoms with Gasteiger partial charge in [0.25, 0.3) is 5.91 Å². The van der Waals surface area contributed by atoms with Crippen LogP contribution >= 0.6 is 0 Å². The molecule has 3 N–H and O–H groups in total. The van der Waals surface area contributed by atoms with Gasteiger partial charge in [0.15, 0.2) is 5.69 Å². The van der Waals surface area contributed by atoms with Crippen molar-refractivity contribution in [3.05, 3.63) is 47.0 Å². The van der Waals surface area contributed by atoms with E-state index in [2.05, 4.69) is 25.5 Å². The summed E-state index contributed by atoms with van der Waals surface area (Å²) in [6.45, 7) is 1.92. The minimum Gasteiger partial charge on any atom is -0.341 e. The fourth-order valence-electron chi connectivity index (χ4n) is 3.02. The van der Waals surface area contributed by atoms with Crippen molar-refractivity contribution in [2.24, 2.45) is 0 Å². The molecule has 22 heavy (non-hydrogen) atoms. The van der Waals surface area contributed by atoms with Crippen LogP contribution in [-0.2, 0) is 12.8 Å². The zero-order chi connectivity index (χ0) is 15.1. The summed E-state index contributed by atoms with van der Waals surface area (Å²) in [7, 11) is 0. The molecule has 0 unspecified atom stereocenters. The number of hydrogen-bond acceptors (Lipinski definition) is 3. The van der Waals surface area contributed by atoms with E-state index in [1.165, 1.54) is 0 Å². The number of nitrogens with one attached hydrogen (secondary N) is 3. The van der Waals surface area contributed by atoms with Gasteiger partial charge >= 0.3 is 0 Å². The van der Waals surface area contributed by atoms with Crippen molar-refractivity contribution in [3.8, 4) is 0 Å². The van der Waals surface area contributed by atoms with Crippen molar-refractivity contribution < 1.29 is 4.79 Å². The summed E-state index contributed by atoms with van der Waals surface area (Å²) in [5.41, 5.74) is 4.56. The van der Waals surface area contributed by atoms with Gasteiger partial charge in [-0.1, -0.05) is 12.1 Å². The van der Waals surface area contributed by atoms with Crippen LogP contribution in [0.2, 0.25) is 0 Å². The molecule has 6 heteroatoms. The van der Waals surface area contributed by atoms with Crippen LogP contribution in [0.1, 0.15) is 47.0 Å². The number of hydrogen-bond donors (Lipinski definition) is 3.